The van der Waals surface area contributed by atoms with Crippen LogP contribution in [0.25, 0.3) is 0 Å². The Morgan fingerprint density at radius 1 is 0.840 bits per heavy atom. The molecule has 0 unspecified atom stereocenters. The SMILES string of the molecule is O=C(CNc1ccc(Oc2ccccc2)cc1)Nc1ccccc1Br. The predicted molar refractivity (Wildman–Crippen MR) is 104 cm³/mol. The summed E-state index contributed by atoms with van der Waals surface area (Å²) in [5, 5.41) is 5.94. The molecule has 4 nitrogen and oxygen atoms in total. The molecule has 0 bridgehead atoms. The number of rotatable bonds is 6. The van der Waals surface area contributed by atoms with Gasteiger partial charge in [-0.1, -0.05) is 30.3 Å². The van der Waals surface area contributed by atoms with E-state index in [9.17, 15) is 4.79 Å². The fourth-order valence-electron chi connectivity index (χ4n) is 2.20. The van der Waals surface area contributed by atoms with Gasteiger partial charge < -0.3 is 15.4 Å². The Morgan fingerprint density at radius 2 is 1.48 bits per heavy atom. The van der Waals surface area contributed by atoms with E-state index in [0.29, 0.717) is 0 Å². The van der Waals surface area contributed by atoms with Crippen molar-refractivity contribution in [3.8, 4) is 11.5 Å². The van der Waals surface area contributed by atoms with Crippen LogP contribution in [0.4, 0.5) is 11.4 Å². The zero-order chi connectivity index (χ0) is 17.5. The van der Waals surface area contributed by atoms with Gasteiger partial charge in [0.05, 0.1) is 12.2 Å². The number of para-hydroxylation sites is 2. The number of hydrogen-bond donors (Lipinski definition) is 2. The molecule has 2 N–H and O–H groups in total. The second-order valence-corrected chi connectivity index (χ2v) is 6.18. The molecule has 0 spiro atoms. The number of benzene rings is 3. The normalized spacial score (nSPS) is 10.1. The maximum absolute atomic E-state index is 12.0. The largest absolute Gasteiger partial charge is 0.457 e. The minimum absolute atomic E-state index is 0.114. The van der Waals surface area contributed by atoms with E-state index in [-0.39, 0.29) is 12.5 Å². The van der Waals surface area contributed by atoms with Crippen molar-refractivity contribution in [3.63, 3.8) is 0 Å². The topological polar surface area (TPSA) is 50.4 Å². The first kappa shape index (κ1) is 17.0. The number of halogens is 1. The van der Waals surface area contributed by atoms with Crippen LogP contribution in [0.15, 0.2) is 83.3 Å². The average molecular weight is 397 g/mol. The fourth-order valence-corrected chi connectivity index (χ4v) is 2.59. The number of anilines is 2. The van der Waals surface area contributed by atoms with Gasteiger partial charge in [0.2, 0.25) is 5.91 Å². The Bertz CT molecular complexity index is 836. The minimum Gasteiger partial charge on any atom is -0.457 e. The number of ether oxygens (including phenoxy) is 1. The molecule has 25 heavy (non-hydrogen) atoms. The number of carbonyl (C=O) groups is 1. The lowest BCUT2D eigenvalue weighted by molar-refractivity contribution is -0.114. The summed E-state index contributed by atoms with van der Waals surface area (Å²) in [4.78, 5) is 12.0. The Hall–Kier alpha value is -2.79. The number of nitrogens with one attached hydrogen (secondary N) is 2. The molecule has 0 radical (unpaired) electrons. The van der Waals surface area contributed by atoms with Crippen molar-refractivity contribution in [1.29, 1.82) is 0 Å². The van der Waals surface area contributed by atoms with Gasteiger partial charge in [-0.3, -0.25) is 4.79 Å². The van der Waals surface area contributed by atoms with E-state index in [4.69, 9.17) is 4.74 Å². The van der Waals surface area contributed by atoms with E-state index < -0.39 is 0 Å². The van der Waals surface area contributed by atoms with E-state index in [1.165, 1.54) is 0 Å². The third kappa shape index (κ3) is 5.09. The minimum atomic E-state index is -0.114. The highest BCUT2D eigenvalue weighted by Gasteiger charge is 2.05. The highest BCUT2D eigenvalue weighted by Crippen LogP contribution is 2.23. The van der Waals surface area contributed by atoms with Crippen LogP contribution in [0.5, 0.6) is 11.5 Å². The molecule has 0 saturated carbocycles. The first-order chi connectivity index (χ1) is 12.2. The molecule has 0 aromatic heterocycles. The number of hydrogen-bond acceptors (Lipinski definition) is 3. The highest BCUT2D eigenvalue weighted by molar-refractivity contribution is 9.10. The molecule has 0 atom stereocenters. The van der Waals surface area contributed by atoms with Gasteiger partial charge in [-0.2, -0.15) is 0 Å². The van der Waals surface area contributed by atoms with Crippen molar-refractivity contribution in [2.75, 3.05) is 17.2 Å². The van der Waals surface area contributed by atoms with Gasteiger partial charge >= 0.3 is 0 Å². The maximum atomic E-state index is 12.0. The molecule has 5 heteroatoms. The molecule has 126 valence electrons. The Kier molecular flexibility index (Phi) is 5.69. The lowest BCUT2D eigenvalue weighted by atomic mass is 10.3. The summed E-state index contributed by atoms with van der Waals surface area (Å²) >= 11 is 3.41. The Morgan fingerprint density at radius 3 is 2.20 bits per heavy atom. The molecular formula is C20H17BrN2O2. The Balaban J connectivity index is 1.51. The summed E-state index contributed by atoms with van der Waals surface area (Å²) in [6, 6.07) is 24.6. The van der Waals surface area contributed by atoms with Gasteiger partial charge in [0, 0.05) is 10.2 Å². The van der Waals surface area contributed by atoms with Crippen molar-refractivity contribution < 1.29 is 9.53 Å². The van der Waals surface area contributed by atoms with Crippen LogP contribution in [0, 0.1) is 0 Å². The average Bonchev–Trinajstić information content (AvgIpc) is 2.64. The highest BCUT2D eigenvalue weighted by atomic mass is 79.9. The summed E-state index contributed by atoms with van der Waals surface area (Å²) < 4.78 is 6.59. The van der Waals surface area contributed by atoms with Crippen LogP contribution in [-0.4, -0.2) is 12.5 Å². The van der Waals surface area contributed by atoms with Crippen LogP contribution < -0.4 is 15.4 Å². The summed E-state index contributed by atoms with van der Waals surface area (Å²) in [6.45, 7) is 0.181. The molecular weight excluding hydrogens is 380 g/mol. The van der Waals surface area contributed by atoms with Crippen LogP contribution in [0.2, 0.25) is 0 Å². The van der Waals surface area contributed by atoms with E-state index >= 15 is 0 Å². The quantitative estimate of drug-likeness (QED) is 0.594. The monoisotopic (exact) mass is 396 g/mol. The molecule has 3 rings (SSSR count). The van der Waals surface area contributed by atoms with Gasteiger partial charge in [0.25, 0.3) is 0 Å². The van der Waals surface area contributed by atoms with Gasteiger partial charge in [0.1, 0.15) is 11.5 Å². The molecule has 0 aliphatic rings. The zero-order valence-corrected chi connectivity index (χ0v) is 15.0. The number of amides is 1. The molecule has 0 aliphatic carbocycles. The molecule has 0 fully saturated rings. The standard InChI is InChI=1S/C20H17BrN2O2/c21-18-8-4-5-9-19(18)23-20(24)14-22-15-10-12-17(13-11-15)25-16-6-2-1-3-7-16/h1-13,22H,14H2,(H,23,24). The third-order valence-electron chi connectivity index (χ3n) is 3.43. The summed E-state index contributed by atoms with van der Waals surface area (Å²) in [6.07, 6.45) is 0. The van der Waals surface area contributed by atoms with Crippen molar-refractivity contribution >= 4 is 33.2 Å². The molecule has 3 aromatic carbocycles. The molecule has 0 heterocycles. The predicted octanol–water partition coefficient (Wildman–Crippen LogP) is 5.29. The second-order valence-electron chi connectivity index (χ2n) is 5.32. The lowest BCUT2D eigenvalue weighted by Crippen LogP contribution is -2.21. The van der Waals surface area contributed by atoms with Crippen molar-refractivity contribution in [1.82, 2.24) is 0 Å². The van der Waals surface area contributed by atoms with Gasteiger partial charge in [-0.25, -0.2) is 0 Å². The maximum Gasteiger partial charge on any atom is 0.243 e. The van der Waals surface area contributed by atoms with Gasteiger partial charge in [-0.15, -0.1) is 0 Å². The van der Waals surface area contributed by atoms with Crippen LogP contribution in [0.3, 0.4) is 0 Å². The molecule has 3 aromatic rings. The van der Waals surface area contributed by atoms with Crippen LogP contribution >= 0.6 is 15.9 Å². The van der Waals surface area contributed by atoms with E-state index in [0.717, 1.165) is 27.3 Å². The van der Waals surface area contributed by atoms with Crippen LogP contribution in [-0.2, 0) is 4.79 Å². The fraction of sp³-hybridized carbons (Fsp3) is 0.0500. The lowest BCUT2D eigenvalue weighted by Gasteiger charge is -2.10. The molecule has 1 amide bonds. The van der Waals surface area contributed by atoms with E-state index in [1.54, 1.807) is 0 Å². The van der Waals surface area contributed by atoms with Crippen molar-refractivity contribution in [3.05, 3.63) is 83.3 Å². The van der Waals surface area contributed by atoms with Gasteiger partial charge in [0.15, 0.2) is 0 Å². The zero-order valence-electron chi connectivity index (χ0n) is 13.4. The third-order valence-corrected chi connectivity index (χ3v) is 4.13. The first-order valence-electron chi connectivity index (χ1n) is 7.82. The number of carbonyl (C=O) groups excluding carboxylic acids is 1. The smallest absolute Gasteiger partial charge is 0.243 e. The molecule has 0 aliphatic heterocycles. The van der Waals surface area contributed by atoms with E-state index in [1.807, 2.05) is 78.9 Å². The summed E-state index contributed by atoms with van der Waals surface area (Å²) in [5.41, 5.74) is 1.60. The van der Waals surface area contributed by atoms with Crippen LogP contribution in [0.1, 0.15) is 0 Å². The Labute approximate surface area is 155 Å². The summed E-state index contributed by atoms with van der Waals surface area (Å²) in [5.74, 6) is 1.42. The van der Waals surface area contributed by atoms with Gasteiger partial charge in [-0.05, 0) is 64.5 Å². The second kappa shape index (κ2) is 8.35. The summed E-state index contributed by atoms with van der Waals surface area (Å²) in [7, 11) is 0. The van der Waals surface area contributed by atoms with Crippen molar-refractivity contribution in [2.24, 2.45) is 0 Å². The van der Waals surface area contributed by atoms with Crippen molar-refractivity contribution in [2.45, 2.75) is 0 Å². The van der Waals surface area contributed by atoms with E-state index in [2.05, 4.69) is 26.6 Å². The molecule has 0 saturated heterocycles. The first-order valence-corrected chi connectivity index (χ1v) is 8.61.